The van der Waals surface area contributed by atoms with Gasteiger partial charge < -0.3 is 15.5 Å². The number of hydrogen-bond acceptors (Lipinski definition) is 4. The Bertz CT molecular complexity index is 1180. The zero-order valence-corrected chi connectivity index (χ0v) is 14.9. The van der Waals surface area contributed by atoms with Gasteiger partial charge in [-0.2, -0.15) is 5.10 Å². The zero-order valence-electron chi connectivity index (χ0n) is 14.9. The van der Waals surface area contributed by atoms with Gasteiger partial charge in [0.15, 0.2) is 11.6 Å². The largest absolute Gasteiger partial charge is 0.492 e. The molecule has 8 heteroatoms. The minimum absolute atomic E-state index is 0.412. The number of H-pyrrole nitrogens is 1. The Hall–Kier alpha value is -3.55. The van der Waals surface area contributed by atoms with Crippen molar-refractivity contribution in [2.45, 2.75) is 0 Å². The van der Waals surface area contributed by atoms with Crippen LogP contribution in [0.15, 0.2) is 42.5 Å². The number of imidazole rings is 1. The first kappa shape index (κ1) is 16.9. The molecule has 0 atom stereocenters. The van der Waals surface area contributed by atoms with Gasteiger partial charge in [-0.1, -0.05) is 29.7 Å². The molecule has 7 nitrogen and oxygen atoms in total. The van der Waals surface area contributed by atoms with E-state index in [0.29, 0.717) is 45.0 Å². The van der Waals surface area contributed by atoms with Crippen LogP contribution in [0.3, 0.4) is 0 Å². The minimum Gasteiger partial charge on any atom is -0.492 e. The average molecular weight is 357 g/mol. The van der Waals surface area contributed by atoms with Crippen LogP contribution >= 0.6 is 0 Å². The van der Waals surface area contributed by atoms with E-state index in [9.17, 15) is 4.79 Å². The number of aromatic nitrogens is 4. The van der Waals surface area contributed by atoms with Crippen LogP contribution in [0, 0.1) is 0 Å². The van der Waals surface area contributed by atoms with Crippen LogP contribution in [-0.2, 0) is 7.05 Å². The van der Waals surface area contributed by atoms with Crippen LogP contribution in [0.2, 0.25) is 0 Å². The number of nitrogens with one attached hydrogen (secondary N) is 1. The molecule has 0 saturated heterocycles. The number of rotatable bonds is 4. The zero-order chi connectivity index (χ0) is 19.1. The number of methoxy groups -OCH3 is 1. The Labute approximate surface area is 156 Å². The van der Waals surface area contributed by atoms with Crippen molar-refractivity contribution in [3.05, 3.63) is 48.0 Å². The van der Waals surface area contributed by atoms with Crippen molar-refractivity contribution in [1.29, 1.82) is 0 Å². The predicted molar refractivity (Wildman–Crippen MR) is 104 cm³/mol. The fourth-order valence-electron chi connectivity index (χ4n) is 3.11. The summed E-state index contributed by atoms with van der Waals surface area (Å²) in [6.45, 7) is 0. The van der Waals surface area contributed by atoms with Gasteiger partial charge in [-0.3, -0.25) is 9.48 Å². The number of fused-ring (bicyclic) bond motifs is 1. The minimum atomic E-state index is -0.491. The van der Waals surface area contributed by atoms with Crippen molar-refractivity contribution >= 4 is 30.2 Å². The quantitative estimate of drug-likeness (QED) is 0.541. The number of aromatic amines is 1. The molecule has 2 radical (unpaired) electrons. The first-order chi connectivity index (χ1) is 13.0. The Balaban J connectivity index is 1.89. The van der Waals surface area contributed by atoms with Gasteiger partial charge in [-0.25, -0.2) is 4.98 Å². The molecule has 2 aromatic heterocycles. The van der Waals surface area contributed by atoms with E-state index >= 15 is 0 Å². The molecule has 3 N–H and O–H groups in total. The van der Waals surface area contributed by atoms with Gasteiger partial charge in [0.2, 0.25) is 5.91 Å². The summed E-state index contributed by atoms with van der Waals surface area (Å²) in [4.78, 5) is 19.2. The number of aryl methyl sites for hydroxylation is 1. The highest BCUT2D eigenvalue weighted by molar-refractivity contribution is 6.32. The van der Waals surface area contributed by atoms with Crippen molar-refractivity contribution in [2.75, 3.05) is 7.11 Å². The number of ether oxygens (including phenoxy) is 1. The van der Waals surface area contributed by atoms with E-state index in [0.717, 1.165) is 5.56 Å². The third kappa shape index (κ3) is 2.85. The third-order valence-corrected chi connectivity index (χ3v) is 4.36. The first-order valence-corrected chi connectivity index (χ1v) is 8.24. The topological polar surface area (TPSA) is 98.8 Å². The number of nitrogens with two attached hydrogens (primary N) is 1. The highest BCUT2D eigenvalue weighted by atomic mass is 16.5. The van der Waals surface area contributed by atoms with Crippen molar-refractivity contribution in [3.8, 4) is 28.5 Å². The second kappa shape index (κ2) is 6.32. The van der Waals surface area contributed by atoms with Gasteiger partial charge in [0.1, 0.15) is 19.2 Å². The third-order valence-electron chi connectivity index (χ3n) is 4.36. The molecule has 0 saturated carbocycles. The van der Waals surface area contributed by atoms with E-state index in [-0.39, 0.29) is 0 Å². The number of carbonyl (C=O) groups is 1. The standard InChI is InChI=1S/C19H16BN5O2/c1-25-16(17(27-2)15(24-25)10-4-3-5-12(20)8-10)19-22-13-7-6-11(18(21)26)9-14(13)23-19/h3-9H,1-2H3,(H2,21,26)(H,22,23). The lowest BCUT2D eigenvalue weighted by molar-refractivity contribution is 0.100. The molecule has 0 spiro atoms. The molecule has 2 heterocycles. The van der Waals surface area contributed by atoms with Gasteiger partial charge in [-0.15, -0.1) is 0 Å². The fraction of sp³-hybridized carbons (Fsp3) is 0.105. The Morgan fingerprint density at radius 1 is 1.26 bits per heavy atom. The number of primary amides is 1. The van der Waals surface area contributed by atoms with E-state index in [2.05, 4.69) is 15.1 Å². The fourth-order valence-corrected chi connectivity index (χ4v) is 3.11. The Morgan fingerprint density at radius 3 is 2.78 bits per heavy atom. The molecule has 2 aromatic carbocycles. The van der Waals surface area contributed by atoms with E-state index in [1.807, 2.05) is 31.3 Å². The molecule has 4 rings (SSSR count). The maximum absolute atomic E-state index is 11.4. The summed E-state index contributed by atoms with van der Waals surface area (Å²) in [7, 11) is 9.30. The van der Waals surface area contributed by atoms with E-state index in [4.69, 9.17) is 18.3 Å². The van der Waals surface area contributed by atoms with Crippen molar-refractivity contribution in [1.82, 2.24) is 19.7 Å². The van der Waals surface area contributed by atoms with Gasteiger partial charge in [0, 0.05) is 18.2 Å². The molecule has 0 fully saturated rings. The molecular weight excluding hydrogens is 341 g/mol. The molecular formula is C19H16BN5O2. The van der Waals surface area contributed by atoms with Gasteiger partial charge in [0.05, 0.1) is 18.1 Å². The second-order valence-electron chi connectivity index (χ2n) is 6.16. The molecule has 27 heavy (non-hydrogen) atoms. The molecule has 4 aromatic rings. The van der Waals surface area contributed by atoms with Crippen LogP contribution in [0.1, 0.15) is 10.4 Å². The van der Waals surface area contributed by atoms with Gasteiger partial charge in [0.25, 0.3) is 0 Å². The normalized spacial score (nSPS) is 11.0. The molecule has 0 aliphatic carbocycles. The lowest BCUT2D eigenvalue weighted by atomic mass is 9.93. The van der Waals surface area contributed by atoms with Gasteiger partial charge >= 0.3 is 0 Å². The summed E-state index contributed by atoms with van der Waals surface area (Å²) in [6.07, 6.45) is 0. The number of benzene rings is 2. The van der Waals surface area contributed by atoms with Crippen molar-refractivity contribution < 1.29 is 9.53 Å². The number of hydrogen-bond donors (Lipinski definition) is 2. The molecule has 0 unspecified atom stereocenters. The summed E-state index contributed by atoms with van der Waals surface area (Å²) in [5, 5.41) is 4.59. The predicted octanol–water partition coefficient (Wildman–Crippen LogP) is 1.53. The van der Waals surface area contributed by atoms with Crippen LogP contribution in [0.25, 0.3) is 33.8 Å². The summed E-state index contributed by atoms with van der Waals surface area (Å²) in [5.41, 5.74) is 10.0. The highest BCUT2D eigenvalue weighted by Gasteiger charge is 2.22. The summed E-state index contributed by atoms with van der Waals surface area (Å²) in [5.74, 6) is 0.668. The van der Waals surface area contributed by atoms with E-state index < -0.39 is 5.91 Å². The van der Waals surface area contributed by atoms with Crippen molar-refractivity contribution in [3.63, 3.8) is 0 Å². The van der Waals surface area contributed by atoms with Crippen molar-refractivity contribution in [2.24, 2.45) is 12.8 Å². The number of carbonyl (C=O) groups excluding carboxylic acids is 1. The second-order valence-corrected chi connectivity index (χ2v) is 6.16. The summed E-state index contributed by atoms with van der Waals surface area (Å²) >= 11 is 0. The monoisotopic (exact) mass is 357 g/mol. The lowest BCUT2D eigenvalue weighted by Crippen LogP contribution is -2.10. The van der Waals surface area contributed by atoms with Crippen LogP contribution in [-0.4, -0.2) is 40.6 Å². The molecule has 0 bridgehead atoms. The Morgan fingerprint density at radius 2 is 2.07 bits per heavy atom. The maximum Gasteiger partial charge on any atom is 0.248 e. The molecule has 0 aliphatic rings. The molecule has 0 aliphatic heterocycles. The highest BCUT2D eigenvalue weighted by Crippen LogP contribution is 2.37. The summed E-state index contributed by atoms with van der Waals surface area (Å²) in [6, 6.07) is 12.5. The average Bonchev–Trinajstić information content (AvgIpc) is 3.20. The maximum atomic E-state index is 11.4. The SMILES string of the molecule is [B]c1cccc(-c2nn(C)c(-c3nc4ccc(C(N)=O)cc4[nH]3)c2OC)c1. The smallest absolute Gasteiger partial charge is 0.248 e. The molecule has 132 valence electrons. The number of amides is 1. The molecule has 1 amide bonds. The lowest BCUT2D eigenvalue weighted by Gasteiger charge is -2.04. The number of nitrogens with zero attached hydrogens (tertiary/aromatic N) is 3. The van der Waals surface area contributed by atoms with E-state index in [1.165, 1.54) is 0 Å². The van der Waals surface area contributed by atoms with Gasteiger partial charge in [-0.05, 0) is 18.2 Å². The van der Waals surface area contributed by atoms with Crippen LogP contribution in [0.4, 0.5) is 0 Å². The van der Waals surface area contributed by atoms with Crippen LogP contribution in [0.5, 0.6) is 5.75 Å². The van der Waals surface area contributed by atoms with Crippen LogP contribution < -0.4 is 15.9 Å². The summed E-state index contributed by atoms with van der Waals surface area (Å²) < 4.78 is 7.34. The Kier molecular flexibility index (Phi) is 3.95. The first-order valence-electron chi connectivity index (χ1n) is 8.24. The van der Waals surface area contributed by atoms with E-state index in [1.54, 1.807) is 30.0 Å².